The van der Waals surface area contributed by atoms with Crippen LogP contribution >= 0.6 is 0 Å². The van der Waals surface area contributed by atoms with Gasteiger partial charge in [0.1, 0.15) is 0 Å². The molecule has 144 valence electrons. The molecule has 27 heavy (non-hydrogen) atoms. The van der Waals surface area contributed by atoms with Gasteiger partial charge >= 0.3 is 161 Å². The number of rotatable bonds is 8. The molecule has 0 aliphatic carbocycles. The average Bonchev–Trinajstić information content (AvgIpc) is 2.96. The summed E-state index contributed by atoms with van der Waals surface area (Å²) in [5.74, 6) is 0.160. The number of phenols is 2. The van der Waals surface area contributed by atoms with E-state index in [2.05, 4.69) is 56.1 Å². The number of hydrogen-bond donors (Lipinski definition) is 3. The van der Waals surface area contributed by atoms with Gasteiger partial charge in [0.05, 0.1) is 0 Å². The second-order valence-electron chi connectivity index (χ2n) is 7.12. The van der Waals surface area contributed by atoms with Crippen LogP contribution in [0.2, 0.25) is 6.32 Å². The number of aromatic nitrogens is 2. The van der Waals surface area contributed by atoms with Gasteiger partial charge in [0.15, 0.2) is 0 Å². The Hall–Kier alpha value is -2.50. The first-order valence-electron chi connectivity index (χ1n) is 9.48. The van der Waals surface area contributed by atoms with E-state index in [-0.39, 0.29) is 11.5 Å². The third-order valence-corrected chi connectivity index (χ3v) is 4.58. The monoisotopic (exact) mass is 367 g/mol. The van der Waals surface area contributed by atoms with Crippen molar-refractivity contribution in [2.24, 2.45) is 0 Å². The van der Waals surface area contributed by atoms with Gasteiger partial charge in [-0.2, -0.15) is 0 Å². The topological polar surface area (TPSA) is 70.3 Å². The minimum atomic E-state index is 0.0800. The van der Waals surface area contributed by atoms with Gasteiger partial charge in [-0.25, -0.2) is 0 Å². The van der Waals surface area contributed by atoms with Crippen molar-refractivity contribution in [1.82, 2.24) is 14.9 Å². The van der Waals surface area contributed by atoms with Crippen LogP contribution in [0.5, 0.6) is 11.5 Å². The van der Waals surface area contributed by atoms with Crippen LogP contribution in [0.15, 0.2) is 24.5 Å². The Bertz CT molecular complexity index is 896. The van der Waals surface area contributed by atoms with E-state index in [9.17, 15) is 10.2 Å². The standard InChI is InChI=1S/C21H30BN3O2/c1-6-23-16(5)22-12-18(21-15(4)25(13-24-21)14(2)3)8-7-17-9-19(26)11-20(27)10-17/h9-11,13-14,23,26-27H,4,6-8,12H2,1-3,5H3/b21-18+. The second-order valence-corrected chi connectivity index (χ2v) is 7.12. The quantitative estimate of drug-likeness (QED) is 0.624. The molecule has 0 aliphatic heterocycles. The van der Waals surface area contributed by atoms with Crippen molar-refractivity contribution < 1.29 is 10.2 Å². The normalized spacial score (nSPS) is 12.9. The van der Waals surface area contributed by atoms with Gasteiger partial charge in [0.2, 0.25) is 0 Å². The summed E-state index contributed by atoms with van der Waals surface area (Å²) in [4.78, 5) is 4.62. The Morgan fingerprint density at radius 1 is 1.26 bits per heavy atom. The molecule has 0 amide bonds. The zero-order valence-corrected chi connectivity index (χ0v) is 16.8. The molecule has 0 bridgehead atoms. The van der Waals surface area contributed by atoms with E-state index < -0.39 is 0 Å². The zero-order valence-electron chi connectivity index (χ0n) is 16.8. The van der Waals surface area contributed by atoms with Crippen LogP contribution in [0.25, 0.3) is 12.2 Å². The summed E-state index contributed by atoms with van der Waals surface area (Å²) in [6.07, 6.45) is 4.11. The number of imidazole rings is 1. The van der Waals surface area contributed by atoms with E-state index in [1.54, 1.807) is 12.1 Å². The fourth-order valence-corrected chi connectivity index (χ4v) is 3.17. The van der Waals surface area contributed by atoms with Gasteiger partial charge in [-0.05, 0) is 0 Å². The summed E-state index contributed by atoms with van der Waals surface area (Å²) >= 11 is 0. The molecule has 3 N–H and O–H groups in total. The van der Waals surface area contributed by atoms with Gasteiger partial charge in [-0.3, -0.25) is 0 Å². The molecule has 2 rings (SSSR count). The molecule has 0 fully saturated rings. The maximum atomic E-state index is 9.71. The number of hydrogen-bond acceptors (Lipinski definition) is 4. The van der Waals surface area contributed by atoms with Crippen LogP contribution in [0.1, 0.15) is 45.7 Å². The van der Waals surface area contributed by atoms with E-state index >= 15 is 0 Å². The first kappa shape index (κ1) is 20.8. The Labute approximate surface area is 162 Å². The van der Waals surface area contributed by atoms with Crippen LogP contribution in [0, 0.1) is 0 Å². The molecule has 1 heterocycles. The van der Waals surface area contributed by atoms with Crippen molar-refractivity contribution in [2.45, 2.75) is 52.9 Å². The third kappa shape index (κ3) is 5.74. The minimum absolute atomic E-state index is 0.0800. The Morgan fingerprint density at radius 2 is 1.93 bits per heavy atom. The summed E-state index contributed by atoms with van der Waals surface area (Å²) in [5, 5.41) is 24.6. The maximum absolute atomic E-state index is 9.71. The Kier molecular flexibility index (Phi) is 7.28. The number of aromatic hydroxyl groups is 2. The molecule has 0 aliphatic rings. The van der Waals surface area contributed by atoms with Crippen molar-refractivity contribution in [3.8, 4) is 11.5 Å². The number of benzene rings is 1. The van der Waals surface area contributed by atoms with Crippen molar-refractivity contribution in [1.29, 1.82) is 0 Å². The van der Waals surface area contributed by atoms with Crippen LogP contribution in [-0.2, 0) is 6.42 Å². The van der Waals surface area contributed by atoms with Crippen LogP contribution in [-0.4, -0.2) is 38.8 Å². The average molecular weight is 367 g/mol. The molecule has 0 spiro atoms. The third-order valence-electron chi connectivity index (χ3n) is 4.58. The molecular weight excluding hydrogens is 337 g/mol. The van der Waals surface area contributed by atoms with Gasteiger partial charge in [0.25, 0.3) is 0 Å². The molecule has 2 aromatic rings. The van der Waals surface area contributed by atoms with Crippen molar-refractivity contribution in [3.05, 3.63) is 40.8 Å². The Morgan fingerprint density at radius 3 is 2.48 bits per heavy atom. The molecule has 0 atom stereocenters. The molecule has 1 aromatic heterocycles. The van der Waals surface area contributed by atoms with Gasteiger partial charge in [0, 0.05) is 0 Å². The van der Waals surface area contributed by atoms with E-state index in [1.165, 1.54) is 11.6 Å². The molecule has 0 unspecified atom stereocenters. The molecule has 5 nitrogen and oxygen atoms in total. The van der Waals surface area contributed by atoms with Crippen molar-refractivity contribution >= 4 is 24.7 Å². The molecule has 0 saturated heterocycles. The van der Waals surface area contributed by atoms with Crippen LogP contribution in [0.3, 0.4) is 0 Å². The first-order chi connectivity index (χ1) is 12.8. The van der Waals surface area contributed by atoms with Crippen LogP contribution < -0.4 is 16.0 Å². The summed E-state index contributed by atoms with van der Waals surface area (Å²) in [7, 11) is 0. The summed E-state index contributed by atoms with van der Waals surface area (Å²) in [5.41, 5.74) is 3.23. The number of nitrogens with one attached hydrogen (secondary N) is 1. The fourth-order valence-electron chi connectivity index (χ4n) is 3.17. The number of aryl methyl sites for hydroxylation is 1. The second kappa shape index (κ2) is 9.44. The van der Waals surface area contributed by atoms with Gasteiger partial charge in [-0.1, -0.05) is 0 Å². The molecule has 0 saturated carbocycles. The predicted molar refractivity (Wildman–Crippen MR) is 114 cm³/mol. The predicted octanol–water partition coefficient (Wildman–Crippen LogP) is 1.95. The number of nitrogens with zero attached hydrogens (tertiary/aromatic N) is 2. The summed E-state index contributed by atoms with van der Waals surface area (Å²) < 4.78 is 2.08. The molecule has 6 heteroatoms. The SMILES string of the molecule is C=c1/c(=C(\CB=C(C)NCC)CCc2cc(O)cc(O)c2)ncn1C(C)C. The Balaban J connectivity index is 2.37. The van der Waals surface area contributed by atoms with Gasteiger partial charge < -0.3 is 0 Å². The zero-order chi connectivity index (χ0) is 20.0. The van der Waals surface area contributed by atoms with E-state index in [0.29, 0.717) is 12.5 Å². The molecule has 1 aromatic carbocycles. The van der Waals surface area contributed by atoms with E-state index in [0.717, 1.165) is 41.1 Å². The molecule has 0 radical (unpaired) electrons. The van der Waals surface area contributed by atoms with Crippen molar-refractivity contribution in [2.75, 3.05) is 6.54 Å². The fraction of sp³-hybridized carbons (Fsp3) is 0.429. The van der Waals surface area contributed by atoms with E-state index in [4.69, 9.17) is 0 Å². The van der Waals surface area contributed by atoms with E-state index in [1.807, 2.05) is 6.33 Å². The van der Waals surface area contributed by atoms with Crippen molar-refractivity contribution in [3.63, 3.8) is 0 Å². The van der Waals surface area contributed by atoms with Gasteiger partial charge in [-0.15, -0.1) is 0 Å². The van der Waals surface area contributed by atoms with Crippen LogP contribution in [0.4, 0.5) is 0 Å². The number of phenolic OH excluding ortho intramolecular Hbond substituents is 2. The summed E-state index contributed by atoms with van der Waals surface area (Å²) in [6, 6.07) is 5.03. The molecular formula is C21H30BN3O2. The first-order valence-corrected chi connectivity index (χ1v) is 9.48. The summed E-state index contributed by atoms with van der Waals surface area (Å²) in [6.45, 7) is 15.7.